The quantitative estimate of drug-likeness (QED) is 0.621. The highest BCUT2D eigenvalue weighted by Gasteiger charge is 2.12. The van der Waals surface area contributed by atoms with Crippen LogP contribution in [0.15, 0.2) is 51.8 Å². The molecule has 0 aliphatic heterocycles. The number of carbonyl (C=O) groups excluding carboxylic acids is 1. The third-order valence-corrected chi connectivity index (χ3v) is 5.79. The molecule has 2 rings (SSSR count). The van der Waals surface area contributed by atoms with E-state index in [9.17, 15) is 13.2 Å². The summed E-state index contributed by atoms with van der Waals surface area (Å²) in [7, 11) is -3.57. The van der Waals surface area contributed by atoms with Crippen LogP contribution in [-0.4, -0.2) is 27.5 Å². The van der Waals surface area contributed by atoms with Gasteiger partial charge in [0.05, 0.1) is 4.90 Å². The van der Waals surface area contributed by atoms with Gasteiger partial charge in [-0.25, -0.2) is 17.9 Å². The number of nitrogens with one attached hydrogen (secondary N) is 3. The van der Waals surface area contributed by atoms with Crippen LogP contribution in [-0.2, 0) is 10.0 Å². The van der Waals surface area contributed by atoms with E-state index in [1.165, 1.54) is 0 Å². The Kier molecular flexibility index (Phi) is 6.57. The van der Waals surface area contributed by atoms with Crippen molar-refractivity contribution in [1.29, 1.82) is 0 Å². The second-order valence-corrected chi connectivity index (χ2v) is 8.18. The predicted molar refractivity (Wildman–Crippen MR) is 102 cm³/mol. The fourth-order valence-electron chi connectivity index (χ4n) is 2.01. The molecule has 6 nitrogen and oxygen atoms in total. The first-order valence-electron chi connectivity index (χ1n) is 7.65. The normalized spacial score (nSPS) is 11.2. The lowest BCUT2D eigenvalue weighted by Crippen LogP contribution is -2.36. The predicted octanol–water partition coefficient (Wildman–Crippen LogP) is 3.17. The topological polar surface area (TPSA) is 87.3 Å². The third kappa shape index (κ3) is 5.84. The Balaban J connectivity index is 1.79. The van der Waals surface area contributed by atoms with Gasteiger partial charge in [-0.05, 0) is 43.7 Å². The Labute approximate surface area is 156 Å². The van der Waals surface area contributed by atoms with Crippen molar-refractivity contribution in [3.63, 3.8) is 0 Å². The van der Waals surface area contributed by atoms with Crippen LogP contribution in [0.25, 0.3) is 0 Å². The van der Waals surface area contributed by atoms with E-state index in [0.29, 0.717) is 5.69 Å². The van der Waals surface area contributed by atoms with E-state index >= 15 is 0 Å². The number of anilines is 1. The van der Waals surface area contributed by atoms with Gasteiger partial charge in [-0.15, -0.1) is 0 Å². The summed E-state index contributed by atoms with van der Waals surface area (Å²) in [4.78, 5) is 12.0. The van der Waals surface area contributed by atoms with Crippen LogP contribution in [0.4, 0.5) is 10.5 Å². The molecule has 0 heterocycles. The highest BCUT2D eigenvalue weighted by atomic mass is 79.9. The summed E-state index contributed by atoms with van der Waals surface area (Å²) in [5.41, 5.74) is 2.70. The van der Waals surface area contributed by atoms with Gasteiger partial charge in [0, 0.05) is 23.2 Å². The highest BCUT2D eigenvalue weighted by Crippen LogP contribution is 2.20. The SMILES string of the molecule is Cc1ccc(S(=O)(=O)NCCNC(=O)Nc2ccc(C)c(Br)c2)cc1. The molecular weight excluding hydrogens is 406 g/mol. The first-order chi connectivity index (χ1) is 11.8. The Morgan fingerprint density at radius 3 is 2.36 bits per heavy atom. The maximum atomic E-state index is 12.1. The maximum Gasteiger partial charge on any atom is 0.319 e. The molecule has 134 valence electrons. The monoisotopic (exact) mass is 425 g/mol. The van der Waals surface area contributed by atoms with Crippen molar-refractivity contribution in [2.24, 2.45) is 0 Å². The van der Waals surface area contributed by atoms with Crippen LogP contribution in [0.5, 0.6) is 0 Å². The Morgan fingerprint density at radius 1 is 1.04 bits per heavy atom. The van der Waals surface area contributed by atoms with E-state index < -0.39 is 16.1 Å². The van der Waals surface area contributed by atoms with Crippen molar-refractivity contribution in [3.8, 4) is 0 Å². The number of carbonyl (C=O) groups is 1. The molecule has 0 saturated carbocycles. The number of amides is 2. The molecule has 0 fully saturated rings. The van der Waals surface area contributed by atoms with E-state index in [4.69, 9.17) is 0 Å². The third-order valence-electron chi connectivity index (χ3n) is 3.46. The number of benzene rings is 2. The summed E-state index contributed by atoms with van der Waals surface area (Å²) in [5.74, 6) is 0. The van der Waals surface area contributed by atoms with Gasteiger partial charge in [0.25, 0.3) is 0 Å². The summed E-state index contributed by atoms with van der Waals surface area (Å²) >= 11 is 3.40. The Bertz CT molecular complexity index is 852. The zero-order valence-electron chi connectivity index (χ0n) is 14.0. The molecule has 0 aliphatic rings. The van der Waals surface area contributed by atoms with Gasteiger partial charge in [-0.1, -0.05) is 39.7 Å². The van der Waals surface area contributed by atoms with Crippen molar-refractivity contribution >= 4 is 37.7 Å². The molecule has 0 radical (unpaired) electrons. The van der Waals surface area contributed by atoms with Gasteiger partial charge in [0.15, 0.2) is 0 Å². The molecule has 0 bridgehead atoms. The zero-order valence-corrected chi connectivity index (χ0v) is 16.4. The molecular formula is C17H20BrN3O3S. The van der Waals surface area contributed by atoms with Crippen molar-refractivity contribution in [3.05, 3.63) is 58.1 Å². The number of hydrogen-bond donors (Lipinski definition) is 3. The van der Waals surface area contributed by atoms with E-state index in [-0.39, 0.29) is 18.0 Å². The summed E-state index contributed by atoms with van der Waals surface area (Å²) in [6, 6.07) is 11.6. The van der Waals surface area contributed by atoms with Crippen LogP contribution in [0.1, 0.15) is 11.1 Å². The fraction of sp³-hybridized carbons (Fsp3) is 0.235. The molecule has 3 N–H and O–H groups in total. The van der Waals surface area contributed by atoms with Gasteiger partial charge >= 0.3 is 6.03 Å². The van der Waals surface area contributed by atoms with E-state index in [2.05, 4.69) is 31.3 Å². The van der Waals surface area contributed by atoms with Crippen molar-refractivity contribution in [2.45, 2.75) is 18.7 Å². The summed E-state index contributed by atoms with van der Waals surface area (Å²) in [6.07, 6.45) is 0. The molecule has 0 unspecified atom stereocenters. The molecule has 0 saturated heterocycles. The Morgan fingerprint density at radius 2 is 1.72 bits per heavy atom. The second kappa shape index (κ2) is 8.46. The van der Waals surface area contributed by atoms with Crippen molar-refractivity contribution in [2.75, 3.05) is 18.4 Å². The standard InChI is InChI=1S/C17H20BrN3O3S/c1-12-3-7-15(8-4-12)25(23,24)20-10-9-19-17(22)21-14-6-5-13(2)16(18)11-14/h3-8,11,20H,9-10H2,1-2H3,(H2,19,21,22). The molecule has 2 amide bonds. The highest BCUT2D eigenvalue weighted by molar-refractivity contribution is 9.10. The van der Waals surface area contributed by atoms with E-state index in [1.807, 2.05) is 19.9 Å². The van der Waals surface area contributed by atoms with Gasteiger partial charge in [0.1, 0.15) is 0 Å². The van der Waals surface area contributed by atoms with Gasteiger partial charge in [-0.2, -0.15) is 0 Å². The molecule has 2 aromatic carbocycles. The van der Waals surface area contributed by atoms with Crippen LogP contribution >= 0.6 is 15.9 Å². The van der Waals surface area contributed by atoms with Gasteiger partial charge in [0.2, 0.25) is 10.0 Å². The first kappa shape index (κ1) is 19.4. The lowest BCUT2D eigenvalue weighted by Gasteiger charge is -2.10. The molecule has 0 atom stereocenters. The molecule has 0 aromatic heterocycles. The van der Waals surface area contributed by atoms with Crippen LogP contribution in [0.3, 0.4) is 0 Å². The molecule has 0 aliphatic carbocycles. The average molecular weight is 426 g/mol. The number of rotatable bonds is 6. The largest absolute Gasteiger partial charge is 0.337 e. The van der Waals surface area contributed by atoms with Gasteiger partial charge < -0.3 is 10.6 Å². The lowest BCUT2D eigenvalue weighted by molar-refractivity contribution is 0.252. The smallest absolute Gasteiger partial charge is 0.319 e. The average Bonchev–Trinajstić information content (AvgIpc) is 2.55. The number of urea groups is 1. The van der Waals surface area contributed by atoms with Crippen LogP contribution in [0, 0.1) is 13.8 Å². The number of aryl methyl sites for hydroxylation is 2. The van der Waals surface area contributed by atoms with Crippen molar-refractivity contribution in [1.82, 2.24) is 10.0 Å². The van der Waals surface area contributed by atoms with Crippen molar-refractivity contribution < 1.29 is 13.2 Å². The molecule has 0 spiro atoms. The molecule has 8 heteroatoms. The fourth-order valence-corrected chi connectivity index (χ4v) is 3.42. The number of halogens is 1. The summed E-state index contributed by atoms with van der Waals surface area (Å²) in [6.45, 7) is 4.11. The number of hydrogen-bond acceptors (Lipinski definition) is 3. The Hall–Kier alpha value is -1.90. The lowest BCUT2D eigenvalue weighted by atomic mass is 10.2. The maximum absolute atomic E-state index is 12.1. The molecule has 25 heavy (non-hydrogen) atoms. The zero-order chi connectivity index (χ0) is 18.4. The minimum Gasteiger partial charge on any atom is -0.337 e. The summed E-state index contributed by atoms with van der Waals surface area (Å²) in [5, 5.41) is 5.29. The molecule has 2 aromatic rings. The number of sulfonamides is 1. The van der Waals surface area contributed by atoms with Gasteiger partial charge in [-0.3, -0.25) is 0 Å². The van der Waals surface area contributed by atoms with E-state index in [0.717, 1.165) is 15.6 Å². The van der Waals surface area contributed by atoms with Crippen LogP contribution < -0.4 is 15.4 Å². The minimum absolute atomic E-state index is 0.0984. The van der Waals surface area contributed by atoms with E-state index in [1.54, 1.807) is 36.4 Å². The summed E-state index contributed by atoms with van der Waals surface area (Å²) < 4.78 is 27.6. The first-order valence-corrected chi connectivity index (χ1v) is 9.93. The van der Waals surface area contributed by atoms with Crippen LogP contribution in [0.2, 0.25) is 0 Å². The second-order valence-electron chi connectivity index (χ2n) is 5.56. The minimum atomic E-state index is -3.57.